The molecule has 0 saturated heterocycles. The van der Waals surface area contributed by atoms with E-state index in [0.717, 1.165) is 26.4 Å². The van der Waals surface area contributed by atoms with Crippen molar-refractivity contribution in [1.82, 2.24) is 0 Å². The van der Waals surface area contributed by atoms with Gasteiger partial charge in [0.1, 0.15) is 59.5 Å². The van der Waals surface area contributed by atoms with Gasteiger partial charge in [-0.15, -0.1) is 0 Å². The molecule has 2 aromatic rings. The molecular weight excluding hydrogens is 933 g/mol. The molecule has 0 amide bonds. The van der Waals surface area contributed by atoms with E-state index in [1.54, 1.807) is 13.8 Å². The Kier molecular flexibility index (Phi) is 20.0. The summed E-state index contributed by atoms with van der Waals surface area (Å²) in [6.45, 7) is 9.49. The van der Waals surface area contributed by atoms with E-state index < -0.39 is 107 Å². The van der Waals surface area contributed by atoms with Crippen LogP contribution >= 0.6 is 0 Å². The lowest BCUT2D eigenvalue weighted by molar-refractivity contribution is -0.161. The maximum absolute atomic E-state index is 13.3. The van der Waals surface area contributed by atoms with E-state index in [9.17, 15) is 47.9 Å². The van der Waals surface area contributed by atoms with Crippen LogP contribution in [-0.4, -0.2) is 99.3 Å². The first-order valence-corrected chi connectivity index (χ1v) is 23.2. The number of carbonyl (C=O) groups is 10. The van der Waals surface area contributed by atoms with Gasteiger partial charge < -0.3 is 47.4 Å². The zero-order valence-corrected chi connectivity index (χ0v) is 40.0. The van der Waals surface area contributed by atoms with E-state index in [2.05, 4.69) is 13.2 Å². The Balaban J connectivity index is 1.09. The molecule has 5 rings (SSSR count). The monoisotopic (exact) mass is 990 g/mol. The van der Waals surface area contributed by atoms with Gasteiger partial charge in [-0.3, -0.25) is 28.8 Å². The quantitative estimate of drug-likeness (QED) is 0.0644. The number of benzene rings is 2. The van der Waals surface area contributed by atoms with Gasteiger partial charge >= 0.3 is 59.7 Å². The van der Waals surface area contributed by atoms with E-state index in [1.807, 2.05) is 0 Å². The highest BCUT2D eigenvalue weighted by atomic mass is 16.6. The highest BCUT2D eigenvalue weighted by Gasteiger charge is 2.38. The van der Waals surface area contributed by atoms with Gasteiger partial charge in [-0.05, 0) is 121 Å². The van der Waals surface area contributed by atoms with Crippen LogP contribution in [-0.2, 0) is 66.8 Å². The molecular formula is C51H58O20. The lowest BCUT2D eigenvalue weighted by atomic mass is 9.82. The first kappa shape index (κ1) is 54.6. The Labute approximate surface area is 409 Å². The van der Waals surface area contributed by atoms with E-state index in [4.69, 9.17) is 47.4 Å². The minimum Gasteiger partial charge on any atom is -0.465 e. The molecule has 3 aliphatic rings. The molecule has 382 valence electrons. The third-order valence-corrected chi connectivity index (χ3v) is 12.3. The van der Waals surface area contributed by atoms with E-state index in [1.165, 1.54) is 36.4 Å². The van der Waals surface area contributed by atoms with Crippen molar-refractivity contribution in [2.24, 2.45) is 35.5 Å². The molecule has 0 N–H and O–H groups in total. The van der Waals surface area contributed by atoms with Crippen molar-refractivity contribution in [1.29, 1.82) is 0 Å². The number of esters is 10. The summed E-state index contributed by atoms with van der Waals surface area (Å²) < 4.78 is 52.8. The van der Waals surface area contributed by atoms with Crippen LogP contribution in [0.25, 0.3) is 0 Å². The second-order valence-electron chi connectivity index (χ2n) is 17.5. The van der Waals surface area contributed by atoms with Gasteiger partial charge in [0.25, 0.3) is 0 Å². The van der Waals surface area contributed by atoms with Crippen LogP contribution in [0.4, 0.5) is 0 Å². The van der Waals surface area contributed by atoms with Gasteiger partial charge in [-0.25, -0.2) is 19.2 Å². The largest absolute Gasteiger partial charge is 0.465 e. The third kappa shape index (κ3) is 15.6. The fourth-order valence-electron chi connectivity index (χ4n) is 8.36. The molecule has 0 aliphatic heterocycles. The van der Waals surface area contributed by atoms with Crippen LogP contribution in [0, 0.1) is 35.5 Å². The summed E-state index contributed by atoms with van der Waals surface area (Å²) in [7, 11) is 2.27. The van der Waals surface area contributed by atoms with Crippen LogP contribution < -0.4 is 18.9 Å². The second-order valence-corrected chi connectivity index (χ2v) is 17.5. The molecule has 20 nitrogen and oxygen atoms in total. The summed E-state index contributed by atoms with van der Waals surface area (Å²) in [5, 5.41) is 0. The van der Waals surface area contributed by atoms with Crippen LogP contribution in [0.1, 0.15) is 105 Å². The van der Waals surface area contributed by atoms with Gasteiger partial charge in [0.15, 0.2) is 0 Å². The molecule has 3 saturated carbocycles. The molecule has 3 aliphatic carbocycles. The Morgan fingerprint density at radius 3 is 1.15 bits per heavy atom. The summed E-state index contributed by atoms with van der Waals surface area (Å²) in [4.78, 5) is 127. The number of hydrogen-bond acceptors (Lipinski definition) is 20. The van der Waals surface area contributed by atoms with Crippen molar-refractivity contribution in [2.75, 3.05) is 27.4 Å². The van der Waals surface area contributed by atoms with Crippen molar-refractivity contribution in [3.05, 3.63) is 72.8 Å². The minimum absolute atomic E-state index is 0.0102. The molecule has 0 aromatic heterocycles. The summed E-state index contributed by atoms with van der Waals surface area (Å²) in [6, 6.07) is 7.76. The zero-order valence-electron chi connectivity index (χ0n) is 40.0. The Morgan fingerprint density at radius 1 is 0.479 bits per heavy atom. The van der Waals surface area contributed by atoms with Crippen molar-refractivity contribution >= 4 is 59.7 Å². The summed E-state index contributed by atoms with van der Waals surface area (Å²) in [6.07, 6.45) is 3.77. The molecule has 3 fully saturated rings. The van der Waals surface area contributed by atoms with E-state index in [-0.39, 0.29) is 79.4 Å². The predicted molar refractivity (Wildman–Crippen MR) is 243 cm³/mol. The highest BCUT2D eigenvalue weighted by Crippen LogP contribution is 2.37. The zero-order chi connectivity index (χ0) is 51.8. The SMILES string of the molecule is C=CC(=O)OCC(C)OC(=O)C1CCC(C(=O)Oc2ccc(OC(=O)C3CCC(C(=O)Oc4ccc(OC(=O)C5CCC(C(=O)OC(C)COC(=O)C=C)C5)c(C(=O)OC)c4)CC3)cc2C(=O)OC)CC1. The molecule has 20 heteroatoms. The summed E-state index contributed by atoms with van der Waals surface area (Å²) >= 11 is 0. The Hall–Kier alpha value is -7.38. The fourth-order valence-corrected chi connectivity index (χ4v) is 8.36. The average molecular weight is 991 g/mol. The fraction of sp³-hybridized carbons (Fsp3) is 0.490. The topological polar surface area (TPSA) is 263 Å². The lowest BCUT2D eigenvalue weighted by Crippen LogP contribution is -2.32. The van der Waals surface area contributed by atoms with Crippen molar-refractivity contribution < 1.29 is 95.3 Å². The van der Waals surface area contributed by atoms with Crippen LogP contribution in [0.2, 0.25) is 0 Å². The normalized spacial score (nSPS) is 21.3. The number of ether oxygens (including phenoxy) is 10. The van der Waals surface area contributed by atoms with Crippen LogP contribution in [0.15, 0.2) is 61.7 Å². The number of carbonyl (C=O) groups excluding carboxylic acids is 10. The molecule has 0 spiro atoms. The minimum atomic E-state index is -0.867. The predicted octanol–water partition coefficient (Wildman–Crippen LogP) is 5.93. The van der Waals surface area contributed by atoms with Crippen LogP contribution in [0.3, 0.4) is 0 Å². The lowest BCUT2D eigenvalue weighted by Gasteiger charge is -2.27. The smallest absolute Gasteiger partial charge is 0.341 e. The molecule has 71 heavy (non-hydrogen) atoms. The first-order valence-electron chi connectivity index (χ1n) is 23.2. The maximum atomic E-state index is 13.3. The average Bonchev–Trinajstić information content (AvgIpc) is 3.89. The maximum Gasteiger partial charge on any atom is 0.341 e. The van der Waals surface area contributed by atoms with Gasteiger partial charge in [0.05, 0.1) is 49.7 Å². The standard InChI is InChI=1S/C51H58O20/c1-7-42(52)64-26-28(3)66-44(54)30-9-15-33(16-10-30)47(57)70-40-21-19-36(24-38(40)50(60)62-5)68-45(55)31-11-13-32(14-12-31)46(56)69-37-20-22-41(39(25-37)51(61)63-6)71-49(59)35-18-17-34(23-35)48(58)67-29(4)27-65-43(53)8-2/h7-8,19-22,24-25,28-35H,1-2,9-18,23,26-27H2,3-6H3. The summed E-state index contributed by atoms with van der Waals surface area (Å²) in [5.41, 5.74) is -0.350. The van der Waals surface area contributed by atoms with E-state index in [0.29, 0.717) is 38.5 Å². The number of rotatable bonds is 20. The van der Waals surface area contributed by atoms with Crippen molar-refractivity contribution in [3.8, 4) is 23.0 Å². The highest BCUT2D eigenvalue weighted by molar-refractivity contribution is 5.95. The van der Waals surface area contributed by atoms with Gasteiger partial charge in [0.2, 0.25) is 0 Å². The number of methoxy groups -OCH3 is 2. The molecule has 2 aromatic carbocycles. The molecule has 4 unspecified atom stereocenters. The molecule has 0 radical (unpaired) electrons. The van der Waals surface area contributed by atoms with E-state index >= 15 is 0 Å². The van der Waals surface area contributed by atoms with Crippen molar-refractivity contribution in [3.63, 3.8) is 0 Å². The molecule has 0 bridgehead atoms. The second kappa shape index (κ2) is 26.0. The van der Waals surface area contributed by atoms with Crippen LogP contribution in [0.5, 0.6) is 23.0 Å². The number of hydrogen-bond donors (Lipinski definition) is 0. The molecule has 4 atom stereocenters. The van der Waals surface area contributed by atoms with Crippen molar-refractivity contribution in [2.45, 2.75) is 96.7 Å². The summed E-state index contributed by atoms with van der Waals surface area (Å²) in [5.74, 6) is -10.4. The van der Waals surface area contributed by atoms with Gasteiger partial charge in [-0.2, -0.15) is 0 Å². The first-order chi connectivity index (χ1) is 33.9. The van der Waals surface area contributed by atoms with Gasteiger partial charge in [0, 0.05) is 12.2 Å². The molecule has 0 heterocycles. The van der Waals surface area contributed by atoms with Gasteiger partial charge in [-0.1, -0.05) is 13.2 Å². The third-order valence-electron chi connectivity index (χ3n) is 12.3. The Bertz CT molecular complexity index is 2350. The Morgan fingerprint density at radius 2 is 0.789 bits per heavy atom.